The molecule has 40 heavy (non-hydrogen) atoms. The van der Waals surface area contributed by atoms with E-state index < -0.39 is 0 Å². The van der Waals surface area contributed by atoms with Crippen LogP contribution in [0.5, 0.6) is 0 Å². The van der Waals surface area contributed by atoms with Gasteiger partial charge in [-0.15, -0.1) is 0 Å². The quantitative estimate of drug-likeness (QED) is 0.200. The number of carbonyl (C=O) groups is 1. The molecule has 0 aliphatic carbocycles. The third-order valence-corrected chi connectivity index (χ3v) is 9.15. The maximum atomic E-state index is 13.4. The number of anilines is 1. The number of amides is 1. The van der Waals surface area contributed by atoms with Crippen molar-refractivity contribution in [3.8, 4) is 6.07 Å². The molecule has 2 aliphatic heterocycles. The Morgan fingerprint density at radius 3 is 2.38 bits per heavy atom. The van der Waals surface area contributed by atoms with Gasteiger partial charge >= 0.3 is 0 Å². The first-order valence-electron chi connectivity index (χ1n) is 14.3. The molecule has 4 rings (SSSR count). The van der Waals surface area contributed by atoms with E-state index in [2.05, 4.69) is 47.1 Å². The number of thiocarbonyl (C=S) groups is 1. The number of nitrogens with zero attached hydrogens (tertiary/aromatic N) is 5. The van der Waals surface area contributed by atoms with E-state index in [4.69, 9.17) is 12.2 Å². The largest absolute Gasteiger partial charge is 0.355 e. The second-order valence-corrected chi connectivity index (χ2v) is 12.2. The fraction of sp³-hybridized carbons (Fsp3) is 0.484. The number of pyridine rings is 1. The first-order valence-corrected chi connectivity index (χ1v) is 15.5. The fourth-order valence-corrected chi connectivity index (χ4v) is 6.72. The molecule has 0 bridgehead atoms. The van der Waals surface area contributed by atoms with E-state index in [0.29, 0.717) is 21.3 Å². The van der Waals surface area contributed by atoms with Gasteiger partial charge < -0.3 is 4.90 Å². The first-order chi connectivity index (χ1) is 19.3. The number of nitriles is 1. The monoisotopic (exact) mass is 577 g/mol. The summed E-state index contributed by atoms with van der Waals surface area (Å²) >= 11 is 6.90. The van der Waals surface area contributed by atoms with Crippen molar-refractivity contribution in [3.05, 3.63) is 67.8 Å². The Morgan fingerprint density at radius 2 is 1.70 bits per heavy atom. The number of carbonyl (C=O) groups excluding carboxylic acids is 1. The van der Waals surface area contributed by atoms with Crippen LogP contribution >= 0.6 is 24.0 Å². The topological polar surface area (TPSA) is 72.6 Å². The van der Waals surface area contributed by atoms with Crippen LogP contribution in [0.25, 0.3) is 6.08 Å². The highest BCUT2D eigenvalue weighted by atomic mass is 32.2. The summed E-state index contributed by atoms with van der Waals surface area (Å²) in [6.07, 6.45) is 8.73. The summed E-state index contributed by atoms with van der Waals surface area (Å²) in [5.41, 5.74) is 2.43. The van der Waals surface area contributed by atoms with Gasteiger partial charge in [0, 0.05) is 51.9 Å². The van der Waals surface area contributed by atoms with Crippen molar-refractivity contribution in [3.63, 3.8) is 0 Å². The van der Waals surface area contributed by atoms with Crippen molar-refractivity contribution in [2.75, 3.05) is 37.6 Å². The summed E-state index contributed by atoms with van der Waals surface area (Å²) in [5.74, 6) is 0.663. The minimum absolute atomic E-state index is 0.0889. The van der Waals surface area contributed by atoms with Crippen molar-refractivity contribution >= 4 is 46.1 Å². The number of unbranched alkanes of at least 4 members (excludes halogenated alkanes) is 5. The SMILES string of the molecule is CCCCCCCCN1C(=O)/C(=C/c2c(C)c(C#N)c(=O)n(C)c2N2CCN(Cc3ccccc3)CC2)SC1=S. The summed E-state index contributed by atoms with van der Waals surface area (Å²) in [6, 6.07) is 12.5. The molecule has 1 aromatic carbocycles. The number of thioether (sulfide) groups is 1. The second kappa shape index (κ2) is 14.1. The van der Waals surface area contributed by atoms with Crippen LogP contribution in [0.15, 0.2) is 40.0 Å². The summed E-state index contributed by atoms with van der Waals surface area (Å²) in [7, 11) is 1.72. The third-order valence-electron chi connectivity index (χ3n) is 7.77. The number of hydrogen-bond acceptors (Lipinski definition) is 7. The minimum Gasteiger partial charge on any atom is -0.355 e. The van der Waals surface area contributed by atoms with Gasteiger partial charge in [-0.25, -0.2) is 0 Å². The van der Waals surface area contributed by atoms with Crippen LogP contribution in [0.4, 0.5) is 5.82 Å². The van der Waals surface area contributed by atoms with Gasteiger partial charge in [-0.2, -0.15) is 5.26 Å². The van der Waals surface area contributed by atoms with E-state index in [1.165, 1.54) is 43.0 Å². The van der Waals surface area contributed by atoms with Crippen molar-refractivity contribution in [1.82, 2.24) is 14.4 Å². The first kappa shape index (κ1) is 30.0. The van der Waals surface area contributed by atoms with Gasteiger partial charge in [-0.1, -0.05) is 93.3 Å². The summed E-state index contributed by atoms with van der Waals surface area (Å²) < 4.78 is 2.14. The van der Waals surface area contributed by atoms with Crippen molar-refractivity contribution in [2.45, 2.75) is 58.9 Å². The standard InChI is InChI=1S/C31H39N5O2S2/c1-4-5-6-7-8-12-15-36-30(38)27(40-31(36)39)20-25-23(2)26(21-32)29(37)33(3)28(25)35-18-16-34(17-19-35)22-24-13-10-9-11-14-24/h9-11,13-14,20H,4-8,12,15-19,22H2,1-3H3/b27-20-. The molecule has 3 heterocycles. The molecule has 1 aromatic heterocycles. The van der Waals surface area contributed by atoms with Gasteiger partial charge in [0.1, 0.15) is 21.8 Å². The van der Waals surface area contributed by atoms with Gasteiger partial charge in [0.2, 0.25) is 0 Å². The molecule has 212 valence electrons. The average Bonchev–Trinajstić information content (AvgIpc) is 3.22. The highest BCUT2D eigenvalue weighted by Gasteiger charge is 2.33. The number of piperazine rings is 1. The van der Waals surface area contributed by atoms with E-state index in [1.54, 1.807) is 23.4 Å². The van der Waals surface area contributed by atoms with Crippen LogP contribution in [-0.4, -0.2) is 57.3 Å². The molecule has 2 fully saturated rings. The molecule has 2 saturated heterocycles. The molecular formula is C31H39N5O2S2. The predicted octanol–water partition coefficient (Wildman–Crippen LogP) is 5.45. The normalized spacial score (nSPS) is 17.2. The lowest BCUT2D eigenvalue weighted by atomic mass is 10.0. The number of rotatable bonds is 11. The van der Waals surface area contributed by atoms with E-state index in [1.807, 2.05) is 12.1 Å². The zero-order valence-corrected chi connectivity index (χ0v) is 25.5. The zero-order valence-electron chi connectivity index (χ0n) is 23.8. The molecule has 7 nitrogen and oxygen atoms in total. The Hall–Kier alpha value is -2.93. The van der Waals surface area contributed by atoms with Gasteiger partial charge in [0.25, 0.3) is 11.5 Å². The molecule has 2 aromatic rings. The highest BCUT2D eigenvalue weighted by Crippen LogP contribution is 2.36. The molecule has 0 spiro atoms. The van der Waals surface area contributed by atoms with Crippen LogP contribution in [0.3, 0.4) is 0 Å². The van der Waals surface area contributed by atoms with Crippen molar-refractivity contribution in [2.24, 2.45) is 7.05 Å². The summed E-state index contributed by atoms with van der Waals surface area (Å²) in [6.45, 7) is 8.70. The smallest absolute Gasteiger partial charge is 0.270 e. The second-order valence-electron chi connectivity index (χ2n) is 10.6. The van der Waals surface area contributed by atoms with E-state index in [9.17, 15) is 14.9 Å². The third kappa shape index (κ3) is 6.85. The van der Waals surface area contributed by atoms with Crippen molar-refractivity contribution < 1.29 is 4.79 Å². The minimum atomic E-state index is -0.311. The Bertz CT molecular complexity index is 1350. The van der Waals surface area contributed by atoms with Crippen LogP contribution in [0.1, 0.15) is 67.7 Å². The van der Waals surface area contributed by atoms with Gasteiger partial charge in [-0.05, 0) is 30.5 Å². The molecule has 0 N–H and O–H groups in total. The average molecular weight is 578 g/mol. The van der Waals surface area contributed by atoms with Gasteiger partial charge in [0.15, 0.2) is 0 Å². The van der Waals surface area contributed by atoms with E-state index >= 15 is 0 Å². The lowest BCUT2D eigenvalue weighted by Gasteiger charge is -2.37. The molecule has 0 atom stereocenters. The fourth-order valence-electron chi connectivity index (χ4n) is 5.43. The molecule has 0 saturated carbocycles. The number of aromatic nitrogens is 1. The molecular weight excluding hydrogens is 539 g/mol. The molecule has 0 unspecified atom stereocenters. The predicted molar refractivity (Wildman–Crippen MR) is 168 cm³/mol. The van der Waals surface area contributed by atoms with Crippen LogP contribution in [0.2, 0.25) is 0 Å². The lowest BCUT2D eigenvalue weighted by molar-refractivity contribution is -0.122. The maximum Gasteiger partial charge on any atom is 0.270 e. The van der Waals surface area contributed by atoms with Crippen LogP contribution in [0, 0.1) is 18.3 Å². The Labute approximate surface area is 247 Å². The highest BCUT2D eigenvalue weighted by molar-refractivity contribution is 8.26. The molecule has 1 amide bonds. The van der Waals surface area contributed by atoms with E-state index in [0.717, 1.165) is 56.9 Å². The molecule has 2 aliphatic rings. The molecule has 0 radical (unpaired) electrons. The van der Waals surface area contributed by atoms with Gasteiger partial charge in [0.05, 0.1) is 4.91 Å². The summed E-state index contributed by atoms with van der Waals surface area (Å²) in [4.78, 5) is 33.4. The van der Waals surface area contributed by atoms with E-state index in [-0.39, 0.29) is 17.0 Å². The lowest BCUT2D eigenvalue weighted by Crippen LogP contribution is -2.48. The summed E-state index contributed by atoms with van der Waals surface area (Å²) in [5, 5.41) is 9.79. The zero-order chi connectivity index (χ0) is 28.6. The Morgan fingerprint density at radius 1 is 1.02 bits per heavy atom. The number of hydrogen-bond donors (Lipinski definition) is 0. The Kier molecular flexibility index (Phi) is 10.6. The maximum absolute atomic E-state index is 13.4. The number of benzene rings is 1. The Balaban J connectivity index is 1.56. The van der Waals surface area contributed by atoms with Crippen LogP contribution < -0.4 is 10.5 Å². The van der Waals surface area contributed by atoms with Gasteiger partial charge in [-0.3, -0.25) is 24.0 Å². The van der Waals surface area contributed by atoms with Crippen molar-refractivity contribution in [1.29, 1.82) is 5.26 Å². The molecule has 9 heteroatoms. The van der Waals surface area contributed by atoms with Crippen LogP contribution in [-0.2, 0) is 18.4 Å².